The summed E-state index contributed by atoms with van der Waals surface area (Å²) in [4.78, 5) is 13.7. The molecule has 0 fully saturated rings. The van der Waals surface area contributed by atoms with Gasteiger partial charge in [-0.1, -0.05) is 35.3 Å². The predicted molar refractivity (Wildman–Crippen MR) is 87.8 cm³/mol. The smallest absolute Gasteiger partial charge is 0.238 e. The highest BCUT2D eigenvalue weighted by atomic mass is 35.5. The summed E-state index contributed by atoms with van der Waals surface area (Å²) >= 11 is 12.2. The summed E-state index contributed by atoms with van der Waals surface area (Å²) in [6, 6.07) is 11.0. The Morgan fingerprint density at radius 2 is 1.82 bits per heavy atom. The first kappa shape index (κ1) is 16.7. The number of anilines is 1. The van der Waals surface area contributed by atoms with Crippen molar-refractivity contribution in [3.63, 3.8) is 0 Å². The molecule has 0 heterocycles. The summed E-state index contributed by atoms with van der Waals surface area (Å²) in [5.74, 6) is -0.634. The van der Waals surface area contributed by atoms with Crippen molar-refractivity contribution in [3.8, 4) is 0 Å². The van der Waals surface area contributed by atoms with E-state index in [1.54, 1.807) is 36.2 Å². The lowest BCUT2D eigenvalue weighted by atomic mass is 10.2. The number of carbonyl (C=O) groups excluding carboxylic acids is 1. The van der Waals surface area contributed by atoms with Gasteiger partial charge in [-0.05, 0) is 37.4 Å². The van der Waals surface area contributed by atoms with Gasteiger partial charge in [0, 0.05) is 27.8 Å². The molecule has 1 N–H and O–H groups in total. The Morgan fingerprint density at radius 1 is 1.18 bits per heavy atom. The third-order valence-corrected chi connectivity index (χ3v) is 3.72. The first-order valence-electron chi connectivity index (χ1n) is 6.62. The van der Waals surface area contributed by atoms with Crippen LogP contribution in [-0.4, -0.2) is 24.4 Å². The molecule has 22 heavy (non-hydrogen) atoms. The van der Waals surface area contributed by atoms with Crippen molar-refractivity contribution < 1.29 is 9.18 Å². The number of likely N-dealkylation sites (N-methyl/N-ethyl adjacent to an activating group) is 1. The van der Waals surface area contributed by atoms with Crippen molar-refractivity contribution >= 4 is 34.8 Å². The number of carbonyl (C=O) groups is 1. The second-order valence-electron chi connectivity index (χ2n) is 4.93. The summed E-state index contributed by atoms with van der Waals surface area (Å²) < 4.78 is 13.1. The van der Waals surface area contributed by atoms with Crippen molar-refractivity contribution in [2.45, 2.75) is 6.54 Å². The van der Waals surface area contributed by atoms with Gasteiger partial charge in [-0.15, -0.1) is 0 Å². The van der Waals surface area contributed by atoms with Gasteiger partial charge in [0.05, 0.1) is 6.54 Å². The van der Waals surface area contributed by atoms with Crippen LogP contribution in [0.1, 0.15) is 5.56 Å². The average molecular weight is 341 g/mol. The number of nitrogens with one attached hydrogen (secondary N) is 1. The largest absolute Gasteiger partial charge is 0.325 e. The highest BCUT2D eigenvalue weighted by molar-refractivity contribution is 6.35. The fraction of sp³-hybridized carbons (Fsp3) is 0.188. The third-order valence-electron chi connectivity index (χ3n) is 3.01. The number of rotatable bonds is 5. The third kappa shape index (κ3) is 4.70. The second-order valence-corrected chi connectivity index (χ2v) is 5.75. The first-order valence-corrected chi connectivity index (χ1v) is 7.38. The van der Waals surface area contributed by atoms with E-state index in [-0.39, 0.29) is 12.5 Å². The molecule has 2 aromatic rings. The molecule has 0 aliphatic carbocycles. The number of hydrogen-bond acceptors (Lipinski definition) is 2. The van der Waals surface area contributed by atoms with Crippen molar-refractivity contribution in [1.29, 1.82) is 0 Å². The molecule has 0 saturated heterocycles. The molecule has 0 aromatic heterocycles. The van der Waals surface area contributed by atoms with E-state index in [2.05, 4.69) is 5.32 Å². The van der Waals surface area contributed by atoms with E-state index in [1.165, 1.54) is 18.2 Å². The Hall–Kier alpha value is -1.62. The molecule has 0 aliphatic heterocycles. The van der Waals surface area contributed by atoms with Crippen molar-refractivity contribution in [2.75, 3.05) is 18.9 Å². The van der Waals surface area contributed by atoms with Gasteiger partial charge in [0.15, 0.2) is 0 Å². The van der Waals surface area contributed by atoms with E-state index in [1.807, 2.05) is 0 Å². The number of benzene rings is 2. The van der Waals surface area contributed by atoms with Crippen molar-refractivity contribution in [1.82, 2.24) is 4.90 Å². The van der Waals surface area contributed by atoms with Crippen LogP contribution in [0.4, 0.5) is 10.1 Å². The number of amides is 1. The maximum atomic E-state index is 13.1. The molecule has 116 valence electrons. The molecule has 2 rings (SSSR count). The van der Waals surface area contributed by atoms with E-state index in [9.17, 15) is 9.18 Å². The molecule has 1 amide bonds. The maximum absolute atomic E-state index is 13.1. The van der Waals surface area contributed by atoms with Crippen LogP contribution in [-0.2, 0) is 11.3 Å². The van der Waals surface area contributed by atoms with E-state index in [4.69, 9.17) is 23.2 Å². The number of hydrogen-bond donors (Lipinski definition) is 1. The molecule has 0 atom stereocenters. The highest BCUT2D eigenvalue weighted by Gasteiger charge is 2.12. The molecule has 0 bridgehead atoms. The maximum Gasteiger partial charge on any atom is 0.238 e. The van der Waals surface area contributed by atoms with Gasteiger partial charge in [-0.3, -0.25) is 9.69 Å². The van der Waals surface area contributed by atoms with Crippen molar-refractivity contribution in [3.05, 3.63) is 63.9 Å². The van der Waals surface area contributed by atoms with Crippen LogP contribution in [0.3, 0.4) is 0 Å². The topological polar surface area (TPSA) is 32.3 Å². The molecular weight excluding hydrogens is 326 g/mol. The molecule has 0 radical (unpaired) electrons. The van der Waals surface area contributed by atoms with Gasteiger partial charge in [0.2, 0.25) is 5.91 Å². The van der Waals surface area contributed by atoms with Gasteiger partial charge >= 0.3 is 0 Å². The fourth-order valence-corrected chi connectivity index (χ4v) is 2.54. The Balaban J connectivity index is 1.94. The highest BCUT2D eigenvalue weighted by Crippen LogP contribution is 2.25. The summed E-state index contributed by atoms with van der Waals surface area (Å²) in [6.45, 7) is 0.577. The SMILES string of the molecule is CN(CC(=O)Nc1cccc(F)c1)Cc1c(Cl)cccc1Cl. The Kier molecular flexibility index (Phi) is 5.77. The Morgan fingerprint density at radius 3 is 2.45 bits per heavy atom. The van der Waals surface area contributed by atoms with Gasteiger partial charge in [0.1, 0.15) is 5.82 Å². The second kappa shape index (κ2) is 7.58. The number of halogens is 3. The van der Waals surface area contributed by atoms with Crippen LogP contribution in [0.25, 0.3) is 0 Å². The van der Waals surface area contributed by atoms with Gasteiger partial charge < -0.3 is 5.32 Å². The zero-order valence-electron chi connectivity index (χ0n) is 11.9. The van der Waals surface area contributed by atoms with E-state index in [0.717, 1.165) is 5.56 Å². The average Bonchev–Trinajstić information content (AvgIpc) is 2.43. The molecule has 0 spiro atoms. The molecule has 6 heteroatoms. The normalized spacial score (nSPS) is 10.8. The lowest BCUT2D eigenvalue weighted by molar-refractivity contribution is -0.117. The van der Waals surface area contributed by atoms with Gasteiger partial charge in [-0.2, -0.15) is 0 Å². The minimum Gasteiger partial charge on any atom is -0.325 e. The quantitative estimate of drug-likeness (QED) is 0.884. The summed E-state index contributed by atoms with van der Waals surface area (Å²) in [5.41, 5.74) is 1.20. The fourth-order valence-electron chi connectivity index (χ4n) is 2.02. The van der Waals surface area contributed by atoms with Crippen LogP contribution in [0, 0.1) is 5.82 Å². The zero-order valence-corrected chi connectivity index (χ0v) is 13.5. The van der Waals surface area contributed by atoms with E-state index in [0.29, 0.717) is 22.3 Å². The van der Waals surface area contributed by atoms with Crippen LogP contribution >= 0.6 is 23.2 Å². The van der Waals surface area contributed by atoms with Crippen LogP contribution in [0.15, 0.2) is 42.5 Å². The predicted octanol–water partition coefficient (Wildman–Crippen LogP) is 4.20. The summed E-state index contributed by atoms with van der Waals surface area (Å²) in [5, 5.41) is 3.76. The molecule has 3 nitrogen and oxygen atoms in total. The Labute approximate surface area is 138 Å². The standard InChI is InChI=1S/C16H15Cl2FN2O/c1-21(9-13-14(17)6-3-7-15(13)18)10-16(22)20-12-5-2-4-11(19)8-12/h2-8H,9-10H2,1H3,(H,20,22). The van der Waals surface area contributed by atoms with Crippen molar-refractivity contribution in [2.24, 2.45) is 0 Å². The zero-order chi connectivity index (χ0) is 16.1. The molecule has 0 aliphatic rings. The minimum absolute atomic E-state index is 0.137. The van der Waals surface area contributed by atoms with E-state index >= 15 is 0 Å². The molecular formula is C16H15Cl2FN2O. The molecule has 2 aromatic carbocycles. The van der Waals surface area contributed by atoms with Gasteiger partial charge in [0.25, 0.3) is 0 Å². The van der Waals surface area contributed by atoms with Crippen LogP contribution in [0.5, 0.6) is 0 Å². The molecule has 0 saturated carbocycles. The van der Waals surface area contributed by atoms with E-state index < -0.39 is 5.82 Å². The lowest BCUT2D eigenvalue weighted by Gasteiger charge is -2.18. The summed E-state index contributed by atoms with van der Waals surface area (Å²) in [6.07, 6.45) is 0. The molecule has 0 unspecified atom stereocenters. The Bertz CT molecular complexity index is 659. The van der Waals surface area contributed by atoms with Crippen LogP contribution in [0.2, 0.25) is 10.0 Å². The summed E-state index contributed by atoms with van der Waals surface area (Å²) in [7, 11) is 1.78. The number of nitrogens with zero attached hydrogens (tertiary/aromatic N) is 1. The van der Waals surface area contributed by atoms with Crippen LogP contribution < -0.4 is 5.32 Å². The monoisotopic (exact) mass is 340 g/mol. The van der Waals surface area contributed by atoms with Gasteiger partial charge in [-0.25, -0.2) is 4.39 Å². The lowest BCUT2D eigenvalue weighted by Crippen LogP contribution is -2.30. The first-order chi connectivity index (χ1) is 10.5. The minimum atomic E-state index is -0.394.